The van der Waals surface area contributed by atoms with Gasteiger partial charge in [-0.25, -0.2) is 0 Å². The zero-order valence-corrected chi connectivity index (χ0v) is 11.7. The molecular formula is C15H19N3O2. The van der Waals surface area contributed by atoms with Crippen molar-refractivity contribution < 1.29 is 9.90 Å². The van der Waals surface area contributed by atoms with Gasteiger partial charge in [0, 0.05) is 24.5 Å². The Labute approximate surface area is 118 Å². The summed E-state index contributed by atoms with van der Waals surface area (Å²) in [7, 11) is 0. The number of rotatable bonds is 5. The highest BCUT2D eigenvalue weighted by molar-refractivity contribution is 5.97. The normalized spacial score (nSPS) is 12.6. The third-order valence-corrected chi connectivity index (χ3v) is 2.97. The smallest absolute Gasteiger partial charge is 0.251 e. The van der Waals surface area contributed by atoms with Crippen molar-refractivity contribution in [3.8, 4) is 0 Å². The lowest BCUT2D eigenvalue weighted by molar-refractivity contribution is 0.0900. The monoisotopic (exact) mass is 273 g/mol. The number of hydrogen-bond donors (Lipinski definition) is 2. The lowest BCUT2D eigenvalue weighted by Gasteiger charge is -2.13. The first-order valence-corrected chi connectivity index (χ1v) is 6.73. The summed E-state index contributed by atoms with van der Waals surface area (Å²) in [5, 5.41) is 12.5. The number of aliphatic hydroxyl groups excluding tert-OH is 1. The van der Waals surface area contributed by atoms with Crippen LogP contribution in [-0.2, 0) is 0 Å². The van der Waals surface area contributed by atoms with Crippen molar-refractivity contribution in [3.63, 3.8) is 0 Å². The highest BCUT2D eigenvalue weighted by Gasteiger charge is 2.11. The molecule has 1 amide bonds. The summed E-state index contributed by atoms with van der Waals surface area (Å²) < 4.78 is 0. The van der Waals surface area contributed by atoms with Crippen LogP contribution in [0.3, 0.4) is 0 Å². The molecule has 0 aliphatic rings. The molecule has 2 N–H and O–H groups in total. The Morgan fingerprint density at radius 2 is 1.95 bits per heavy atom. The summed E-state index contributed by atoms with van der Waals surface area (Å²) in [6, 6.07) is 5.18. The largest absolute Gasteiger partial charge is 0.391 e. The molecule has 0 fully saturated rings. The van der Waals surface area contributed by atoms with Crippen LogP contribution >= 0.6 is 0 Å². The minimum absolute atomic E-state index is 0.208. The molecule has 1 unspecified atom stereocenters. The Kier molecular flexibility index (Phi) is 4.63. The fourth-order valence-electron chi connectivity index (χ4n) is 2.04. The number of fused-ring (bicyclic) bond motifs is 1. The molecule has 0 saturated heterocycles. The van der Waals surface area contributed by atoms with E-state index in [0.717, 1.165) is 5.52 Å². The number of aromatic nitrogens is 2. The van der Waals surface area contributed by atoms with Crippen LogP contribution in [0.25, 0.3) is 11.0 Å². The van der Waals surface area contributed by atoms with E-state index in [4.69, 9.17) is 0 Å². The van der Waals surface area contributed by atoms with E-state index in [9.17, 15) is 9.90 Å². The van der Waals surface area contributed by atoms with Crippen molar-refractivity contribution in [2.45, 2.75) is 26.4 Å². The fourth-order valence-corrected chi connectivity index (χ4v) is 2.04. The van der Waals surface area contributed by atoms with Gasteiger partial charge in [-0.15, -0.1) is 0 Å². The average Bonchev–Trinajstić information content (AvgIpc) is 2.43. The third-order valence-electron chi connectivity index (χ3n) is 2.97. The molecular weight excluding hydrogens is 254 g/mol. The lowest BCUT2D eigenvalue weighted by atomic mass is 10.1. The van der Waals surface area contributed by atoms with Gasteiger partial charge in [0.2, 0.25) is 0 Å². The SMILES string of the molecule is CC(C)CC(O)CNC(=O)c1ccc2nccnc2c1. The maximum atomic E-state index is 12.0. The quantitative estimate of drug-likeness (QED) is 0.870. The van der Waals surface area contributed by atoms with Crippen molar-refractivity contribution in [3.05, 3.63) is 36.2 Å². The minimum Gasteiger partial charge on any atom is -0.391 e. The second-order valence-corrected chi connectivity index (χ2v) is 5.25. The van der Waals surface area contributed by atoms with Crippen LogP contribution in [0, 0.1) is 5.92 Å². The highest BCUT2D eigenvalue weighted by Crippen LogP contribution is 2.11. The van der Waals surface area contributed by atoms with E-state index in [1.165, 1.54) is 0 Å². The van der Waals surface area contributed by atoms with Crippen molar-refractivity contribution in [2.75, 3.05) is 6.54 Å². The predicted octanol–water partition coefficient (Wildman–Crippen LogP) is 1.77. The summed E-state index contributed by atoms with van der Waals surface area (Å²) in [5.74, 6) is 0.193. The van der Waals surface area contributed by atoms with Crippen LogP contribution < -0.4 is 5.32 Å². The highest BCUT2D eigenvalue weighted by atomic mass is 16.3. The Morgan fingerprint density at radius 1 is 1.25 bits per heavy atom. The Morgan fingerprint density at radius 3 is 2.65 bits per heavy atom. The van der Waals surface area contributed by atoms with Gasteiger partial charge in [0.1, 0.15) is 0 Å². The van der Waals surface area contributed by atoms with Gasteiger partial charge in [0.15, 0.2) is 0 Å². The third kappa shape index (κ3) is 3.74. The van der Waals surface area contributed by atoms with Crippen LogP contribution in [0.2, 0.25) is 0 Å². The van der Waals surface area contributed by atoms with Crippen LogP contribution in [0.1, 0.15) is 30.6 Å². The number of carbonyl (C=O) groups excluding carboxylic acids is 1. The van der Waals surface area contributed by atoms with Crippen molar-refractivity contribution in [2.24, 2.45) is 5.92 Å². The second-order valence-electron chi connectivity index (χ2n) is 5.25. The van der Waals surface area contributed by atoms with Gasteiger partial charge in [-0.2, -0.15) is 0 Å². The van der Waals surface area contributed by atoms with E-state index in [2.05, 4.69) is 15.3 Å². The zero-order valence-electron chi connectivity index (χ0n) is 11.7. The van der Waals surface area contributed by atoms with Crippen LogP contribution in [0.15, 0.2) is 30.6 Å². The molecule has 20 heavy (non-hydrogen) atoms. The summed E-state index contributed by atoms with van der Waals surface area (Å²) in [6.07, 6.45) is 3.36. The molecule has 0 radical (unpaired) electrons. The molecule has 1 heterocycles. The zero-order chi connectivity index (χ0) is 14.5. The maximum Gasteiger partial charge on any atom is 0.251 e. The van der Waals surface area contributed by atoms with Gasteiger partial charge >= 0.3 is 0 Å². The molecule has 0 spiro atoms. The van der Waals surface area contributed by atoms with E-state index < -0.39 is 6.10 Å². The fraction of sp³-hybridized carbons (Fsp3) is 0.400. The molecule has 106 valence electrons. The number of nitrogens with one attached hydrogen (secondary N) is 1. The van der Waals surface area contributed by atoms with Crippen molar-refractivity contribution in [1.82, 2.24) is 15.3 Å². The average molecular weight is 273 g/mol. The van der Waals surface area contributed by atoms with Gasteiger partial charge in [0.05, 0.1) is 17.1 Å². The number of hydrogen-bond acceptors (Lipinski definition) is 4. The summed E-state index contributed by atoms with van der Waals surface area (Å²) in [6.45, 7) is 4.33. The van der Waals surface area contributed by atoms with E-state index in [1.54, 1.807) is 30.6 Å². The molecule has 5 nitrogen and oxygen atoms in total. The number of aliphatic hydroxyl groups is 1. The van der Waals surface area contributed by atoms with Gasteiger partial charge in [-0.1, -0.05) is 13.8 Å². The summed E-state index contributed by atoms with van der Waals surface area (Å²) >= 11 is 0. The van der Waals surface area contributed by atoms with Gasteiger partial charge in [0.25, 0.3) is 5.91 Å². The number of carbonyl (C=O) groups is 1. The standard InChI is InChI=1S/C15H19N3O2/c1-10(2)7-12(19)9-18-15(20)11-3-4-13-14(8-11)17-6-5-16-13/h3-6,8,10,12,19H,7,9H2,1-2H3,(H,18,20). The van der Waals surface area contributed by atoms with E-state index in [1.807, 2.05) is 13.8 Å². The summed E-state index contributed by atoms with van der Waals surface area (Å²) in [5.41, 5.74) is 1.96. The molecule has 0 saturated carbocycles. The van der Waals surface area contributed by atoms with E-state index in [-0.39, 0.29) is 12.5 Å². The summed E-state index contributed by atoms with van der Waals surface area (Å²) in [4.78, 5) is 20.3. The topological polar surface area (TPSA) is 75.1 Å². The Bertz CT molecular complexity index is 598. The molecule has 1 aromatic carbocycles. The maximum absolute atomic E-state index is 12.0. The molecule has 0 aliphatic carbocycles. The number of benzene rings is 1. The molecule has 0 aliphatic heterocycles. The second kappa shape index (κ2) is 6.43. The molecule has 5 heteroatoms. The molecule has 2 rings (SSSR count). The minimum atomic E-state index is -0.515. The van der Waals surface area contributed by atoms with Gasteiger partial charge < -0.3 is 10.4 Å². The molecule has 1 atom stereocenters. The van der Waals surface area contributed by atoms with Gasteiger partial charge in [-0.3, -0.25) is 14.8 Å². The van der Waals surface area contributed by atoms with Crippen molar-refractivity contribution in [1.29, 1.82) is 0 Å². The first-order valence-electron chi connectivity index (χ1n) is 6.73. The van der Waals surface area contributed by atoms with Gasteiger partial charge in [-0.05, 0) is 30.5 Å². The first-order chi connectivity index (χ1) is 9.56. The van der Waals surface area contributed by atoms with Crippen LogP contribution in [0.4, 0.5) is 0 Å². The molecule has 0 bridgehead atoms. The Balaban J connectivity index is 2.00. The van der Waals surface area contributed by atoms with Crippen LogP contribution in [-0.4, -0.2) is 33.6 Å². The van der Waals surface area contributed by atoms with Crippen molar-refractivity contribution >= 4 is 16.9 Å². The number of amides is 1. The first kappa shape index (κ1) is 14.4. The lowest BCUT2D eigenvalue weighted by Crippen LogP contribution is -2.32. The number of nitrogens with zero attached hydrogens (tertiary/aromatic N) is 2. The van der Waals surface area contributed by atoms with E-state index in [0.29, 0.717) is 23.4 Å². The predicted molar refractivity (Wildman–Crippen MR) is 77.3 cm³/mol. The van der Waals surface area contributed by atoms with Crippen LogP contribution in [0.5, 0.6) is 0 Å². The molecule has 1 aromatic heterocycles. The Hall–Kier alpha value is -2.01. The molecule has 2 aromatic rings. The van der Waals surface area contributed by atoms with E-state index >= 15 is 0 Å².